The van der Waals surface area contributed by atoms with E-state index in [2.05, 4.69) is 0 Å². The normalized spacial score (nSPS) is 21.6. The fourth-order valence-electron chi connectivity index (χ4n) is 1.73. The summed E-state index contributed by atoms with van der Waals surface area (Å²) < 4.78 is 0. The fraction of sp³-hybridized carbons (Fsp3) is 0.625. The third kappa shape index (κ3) is 7.59. The number of hydrogen-bond donors (Lipinski definition) is 10. The van der Waals surface area contributed by atoms with E-state index in [1.165, 1.54) is 0 Å². The van der Waals surface area contributed by atoms with E-state index < -0.39 is 61.0 Å². The van der Waals surface area contributed by atoms with Crippen LogP contribution in [0.25, 0.3) is 0 Å². The highest BCUT2D eigenvalue weighted by Gasteiger charge is 2.34. The molecule has 0 saturated carbocycles. The molecular formula is C16H22O12. The topological polar surface area (TPSA) is 236 Å². The lowest BCUT2D eigenvalue weighted by Gasteiger charge is -2.25. The number of aliphatic hydroxyl groups is 10. The smallest absolute Gasteiger partial charge is 0.151 e. The molecule has 158 valence electrons. The minimum atomic E-state index is -2.13. The van der Waals surface area contributed by atoms with Crippen molar-refractivity contribution >= 4 is 12.6 Å². The van der Waals surface area contributed by atoms with Gasteiger partial charge >= 0.3 is 0 Å². The average Bonchev–Trinajstić information content (AvgIpc) is 2.71. The Balaban J connectivity index is 4.91. The van der Waals surface area contributed by atoms with E-state index in [0.29, 0.717) is 0 Å². The number of hydrogen-bond acceptors (Lipinski definition) is 12. The molecule has 0 rings (SSSR count). The lowest BCUT2D eigenvalue weighted by atomic mass is 9.99. The van der Waals surface area contributed by atoms with Gasteiger partial charge in [0.05, 0.1) is 0 Å². The van der Waals surface area contributed by atoms with Gasteiger partial charge in [-0.1, -0.05) is 11.8 Å². The number of carbonyl (C=O) groups is 2. The number of aldehydes is 2. The summed E-state index contributed by atoms with van der Waals surface area (Å²) in [6, 6.07) is 0. The first-order chi connectivity index (χ1) is 13.0. The van der Waals surface area contributed by atoms with Crippen molar-refractivity contribution in [3.8, 4) is 23.7 Å². The zero-order valence-electron chi connectivity index (χ0n) is 14.2. The molecule has 10 N–H and O–H groups in total. The molecule has 28 heavy (non-hydrogen) atoms. The highest BCUT2D eigenvalue weighted by Crippen LogP contribution is 2.08. The molecule has 0 amide bonds. The lowest BCUT2D eigenvalue weighted by molar-refractivity contribution is -0.140. The molecule has 0 heterocycles. The first kappa shape index (κ1) is 26.1. The Hall–Kier alpha value is -1.94. The van der Waals surface area contributed by atoms with Gasteiger partial charge in [-0.25, -0.2) is 0 Å². The maximum Gasteiger partial charge on any atom is 0.151 e. The molecule has 0 bridgehead atoms. The van der Waals surface area contributed by atoms with Crippen LogP contribution in [0.1, 0.15) is 0 Å². The molecular weight excluding hydrogens is 384 g/mol. The van der Waals surface area contributed by atoms with Gasteiger partial charge in [0.1, 0.15) is 61.0 Å². The SMILES string of the molecule is O=C[C@@H](O)[C@@H](O)[C@@H](O)[C@@H](O)[C@@H](O)C#CC#C[C@@H](O)[C@@H](O)[C@@H](O)[C@@H](O)[C@@H](O)C=O. The molecule has 0 unspecified atom stereocenters. The number of carbonyl (C=O) groups excluding carboxylic acids is 2. The Kier molecular flexibility index (Phi) is 11.6. The van der Waals surface area contributed by atoms with Gasteiger partial charge in [0.25, 0.3) is 0 Å². The van der Waals surface area contributed by atoms with Crippen LogP contribution in [0.5, 0.6) is 0 Å². The third-order valence-corrected chi connectivity index (χ3v) is 3.53. The molecule has 0 aromatic heterocycles. The van der Waals surface area contributed by atoms with E-state index >= 15 is 0 Å². The minimum Gasteiger partial charge on any atom is -0.387 e. The van der Waals surface area contributed by atoms with Crippen molar-refractivity contribution in [3.05, 3.63) is 0 Å². The zero-order valence-corrected chi connectivity index (χ0v) is 14.2. The molecule has 0 aliphatic carbocycles. The molecule has 10 atom stereocenters. The predicted molar refractivity (Wildman–Crippen MR) is 87.7 cm³/mol. The van der Waals surface area contributed by atoms with Crippen molar-refractivity contribution in [2.45, 2.75) is 61.0 Å². The summed E-state index contributed by atoms with van der Waals surface area (Å²) in [5.41, 5.74) is 0. The van der Waals surface area contributed by atoms with Gasteiger partial charge < -0.3 is 60.7 Å². The van der Waals surface area contributed by atoms with Crippen LogP contribution in [-0.2, 0) is 9.59 Å². The van der Waals surface area contributed by atoms with Crippen LogP contribution in [0, 0.1) is 23.7 Å². The maximum atomic E-state index is 10.3. The van der Waals surface area contributed by atoms with Crippen molar-refractivity contribution in [2.24, 2.45) is 0 Å². The Morgan fingerprint density at radius 3 is 1.00 bits per heavy atom. The molecule has 0 fully saturated rings. The van der Waals surface area contributed by atoms with Crippen LogP contribution >= 0.6 is 0 Å². The Morgan fingerprint density at radius 2 is 0.750 bits per heavy atom. The second-order valence-electron chi connectivity index (χ2n) is 5.63. The van der Waals surface area contributed by atoms with Gasteiger partial charge in [0.2, 0.25) is 0 Å². The standard InChI is InChI=1S/C16H22O12/c17-5-9(21)13(25)15(27)11(23)7(19)3-1-2-4-8(20)12(24)16(28)14(26)10(22)6-18/h5-16,19-28H/t7-,8+,9+,10-,11-,12+,13+,14-,15-,16+. The van der Waals surface area contributed by atoms with Crippen molar-refractivity contribution in [3.63, 3.8) is 0 Å². The predicted octanol–water partition coefficient (Wildman–Crippen LogP) is -7.00. The summed E-state index contributed by atoms with van der Waals surface area (Å²) in [7, 11) is 0. The second-order valence-corrected chi connectivity index (χ2v) is 5.63. The van der Waals surface area contributed by atoms with Crippen LogP contribution in [0.15, 0.2) is 0 Å². The van der Waals surface area contributed by atoms with Crippen molar-refractivity contribution < 1.29 is 60.7 Å². The highest BCUT2D eigenvalue weighted by molar-refractivity contribution is 5.57. The summed E-state index contributed by atoms with van der Waals surface area (Å²) in [5.74, 6) is 7.65. The van der Waals surface area contributed by atoms with E-state index in [1.54, 1.807) is 0 Å². The molecule has 0 aliphatic rings. The van der Waals surface area contributed by atoms with Crippen LogP contribution in [0.2, 0.25) is 0 Å². The molecule has 0 aromatic carbocycles. The van der Waals surface area contributed by atoms with Crippen molar-refractivity contribution in [1.82, 2.24) is 0 Å². The summed E-state index contributed by atoms with van der Waals surface area (Å²) in [4.78, 5) is 20.6. The van der Waals surface area contributed by atoms with Gasteiger partial charge in [0, 0.05) is 0 Å². The Bertz CT molecular complexity index is 563. The van der Waals surface area contributed by atoms with E-state index in [1.807, 2.05) is 23.7 Å². The van der Waals surface area contributed by atoms with Gasteiger partial charge in [-0.2, -0.15) is 0 Å². The van der Waals surface area contributed by atoms with E-state index in [9.17, 15) is 50.4 Å². The van der Waals surface area contributed by atoms with Crippen molar-refractivity contribution in [2.75, 3.05) is 0 Å². The summed E-state index contributed by atoms with van der Waals surface area (Å²) in [5, 5.41) is 94.0. The highest BCUT2D eigenvalue weighted by atomic mass is 16.4. The fourth-order valence-corrected chi connectivity index (χ4v) is 1.73. The van der Waals surface area contributed by atoms with Gasteiger partial charge in [-0.3, -0.25) is 0 Å². The zero-order chi connectivity index (χ0) is 22.0. The molecule has 0 aromatic rings. The first-order valence-corrected chi connectivity index (χ1v) is 7.71. The quantitative estimate of drug-likeness (QED) is 0.120. The van der Waals surface area contributed by atoms with Crippen LogP contribution in [0.4, 0.5) is 0 Å². The molecule has 0 saturated heterocycles. The van der Waals surface area contributed by atoms with Gasteiger partial charge in [-0.05, 0) is 11.8 Å². The maximum absolute atomic E-state index is 10.3. The first-order valence-electron chi connectivity index (χ1n) is 7.71. The van der Waals surface area contributed by atoms with E-state index in [0.717, 1.165) is 0 Å². The summed E-state index contributed by atoms with van der Waals surface area (Å²) in [6.07, 6.45) is -20.9. The van der Waals surface area contributed by atoms with Crippen LogP contribution in [0.3, 0.4) is 0 Å². The van der Waals surface area contributed by atoms with Gasteiger partial charge in [-0.15, -0.1) is 0 Å². The minimum absolute atomic E-state index is 0.101. The second kappa shape index (κ2) is 12.5. The average molecular weight is 406 g/mol. The van der Waals surface area contributed by atoms with Crippen LogP contribution < -0.4 is 0 Å². The monoisotopic (exact) mass is 406 g/mol. The molecule has 12 heteroatoms. The molecule has 12 nitrogen and oxygen atoms in total. The largest absolute Gasteiger partial charge is 0.387 e. The Morgan fingerprint density at radius 1 is 0.464 bits per heavy atom. The van der Waals surface area contributed by atoms with Crippen LogP contribution in [-0.4, -0.2) is 125 Å². The molecule has 0 aliphatic heterocycles. The summed E-state index contributed by atoms with van der Waals surface area (Å²) >= 11 is 0. The van der Waals surface area contributed by atoms with Gasteiger partial charge in [0.15, 0.2) is 12.6 Å². The number of aliphatic hydroxyl groups excluding tert-OH is 10. The van der Waals surface area contributed by atoms with E-state index in [-0.39, 0.29) is 12.6 Å². The summed E-state index contributed by atoms with van der Waals surface area (Å²) in [6.45, 7) is 0. The van der Waals surface area contributed by atoms with Crippen molar-refractivity contribution in [1.29, 1.82) is 0 Å². The molecule has 0 radical (unpaired) electrons. The lowest BCUT2D eigenvalue weighted by Crippen LogP contribution is -2.49. The molecule has 0 spiro atoms. The van der Waals surface area contributed by atoms with E-state index in [4.69, 9.17) is 10.2 Å². The third-order valence-electron chi connectivity index (χ3n) is 3.53. The Labute approximate surface area is 158 Å². The number of rotatable bonds is 10.